The zero-order valence-corrected chi connectivity index (χ0v) is 12.6. The highest BCUT2D eigenvalue weighted by atomic mass is 16.5. The number of methoxy groups -OCH3 is 1. The number of aryl methyl sites for hydroxylation is 1. The lowest BCUT2D eigenvalue weighted by Crippen LogP contribution is -2.49. The number of benzene rings is 1. The predicted molar refractivity (Wildman–Crippen MR) is 80.7 cm³/mol. The van der Waals surface area contributed by atoms with Gasteiger partial charge in [0.25, 0.3) is 0 Å². The van der Waals surface area contributed by atoms with Gasteiger partial charge in [-0.05, 0) is 43.5 Å². The highest BCUT2D eigenvalue weighted by molar-refractivity contribution is 5.83. The fourth-order valence-electron chi connectivity index (χ4n) is 3.23. The number of fused-ring (bicyclic) bond motifs is 1. The molecule has 0 spiro atoms. The van der Waals surface area contributed by atoms with Crippen molar-refractivity contribution in [2.24, 2.45) is 0 Å². The third-order valence-electron chi connectivity index (χ3n) is 4.57. The van der Waals surface area contributed by atoms with Gasteiger partial charge in [-0.3, -0.25) is 9.69 Å². The van der Waals surface area contributed by atoms with Gasteiger partial charge in [0.1, 0.15) is 11.9 Å². The van der Waals surface area contributed by atoms with Crippen LogP contribution in [0, 0.1) is 0 Å². The van der Waals surface area contributed by atoms with Gasteiger partial charge in [0, 0.05) is 19.0 Å². The van der Waals surface area contributed by atoms with Crippen molar-refractivity contribution in [1.82, 2.24) is 4.90 Å². The van der Waals surface area contributed by atoms with Crippen molar-refractivity contribution < 1.29 is 14.3 Å². The van der Waals surface area contributed by atoms with Gasteiger partial charge in [0.2, 0.25) is 0 Å². The molecule has 0 aliphatic carbocycles. The molecule has 1 aromatic carbocycles. The molecule has 0 radical (unpaired) electrons. The summed E-state index contributed by atoms with van der Waals surface area (Å²) in [6.07, 6.45) is 3.55. The molecule has 0 amide bonds. The summed E-state index contributed by atoms with van der Waals surface area (Å²) < 4.78 is 10.9. The summed E-state index contributed by atoms with van der Waals surface area (Å²) >= 11 is 0. The van der Waals surface area contributed by atoms with Crippen molar-refractivity contribution in [1.29, 1.82) is 0 Å². The number of carbonyl (C=O) groups excluding carboxylic acids is 1. The molecule has 21 heavy (non-hydrogen) atoms. The molecule has 0 aromatic heterocycles. The van der Waals surface area contributed by atoms with E-state index in [4.69, 9.17) is 9.47 Å². The Morgan fingerprint density at radius 2 is 2.19 bits per heavy atom. The summed E-state index contributed by atoms with van der Waals surface area (Å²) in [6.45, 7) is 2.63. The summed E-state index contributed by atoms with van der Waals surface area (Å²) in [6, 6.07) is 8.46. The van der Waals surface area contributed by atoms with Gasteiger partial charge >= 0.3 is 0 Å². The van der Waals surface area contributed by atoms with Crippen LogP contribution in [0.1, 0.15) is 24.8 Å². The molecule has 2 heterocycles. The van der Waals surface area contributed by atoms with Gasteiger partial charge in [-0.2, -0.15) is 0 Å². The van der Waals surface area contributed by atoms with Crippen LogP contribution < -0.4 is 4.74 Å². The maximum Gasteiger partial charge on any atom is 0.163 e. The number of carbonyl (C=O) groups is 1. The Morgan fingerprint density at radius 1 is 1.38 bits per heavy atom. The predicted octanol–water partition coefficient (Wildman–Crippen LogP) is 2.06. The molecule has 4 heteroatoms. The second-order valence-corrected chi connectivity index (χ2v) is 5.93. The van der Waals surface area contributed by atoms with Crippen LogP contribution in [0.5, 0.6) is 5.75 Å². The average Bonchev–Trinajstić information content (AvgIpc) is 3.00. The van der Waals surface area contributed by atoms with Crippen LogP contribution in [0.15, 0.2) is 24.3 Å². The van der Waals surface area contributed by atoms with E-state index in [9.17, 15) is 4.79 Å². The summed E-state index contributed by atoms with van der Waals surface area (Å²) in [5, 5.41) is 0. The Morgan fingerprint density at radius 3 is 2.95 bits per heavy atom. The number of morpholine rings is 1. The van der Waals surface area contributed by atoms with Crippen molar-refractivity contribution in [3.63, 3.8) is 0 Å². The van der Waals surface area contributed by atoms with E-state index in [1.54, 1.807) is 7.11 Å². The third kappa shape index (κ3) is 3.44. The molecule has 3 rings (SSSR count). The maximum absolute atomic E-state index is 12.3. The Bertz CT molecular complexity index is 485. The maximum atomic E-state index is 12.3. The second kappa shape index (κ2) is 6.58. The molecule has 2 fully saturated rings. The van der Waals surface area contributed by atoms with Gasteiger partial charge in [0.15, 0.2) is 5.78 Å². The lowest BCUT2D eigenvalue weighted by molar-refractivity contribution is -0.138. The van der Waals surface area contributed by atoms with Crippen molar-refractivity contribution >= 4 is 5.78 Å². The van der Waals surface area contributed by atoms with Crippen LogP contribution in [0.2, 0.25) is 0 Å². The summed E-state index contributed by atoms with van der Waals surface area (Å²) in [5.41, 5.74) is 1.17. The normalized spacial score (nSPS) is 25.6. The minimum Gasteiger partial charge on any atom is -0.497 e. The minimum atomic E-state index is -0.224. The average molecular weight is 289 g/mol. The van der Waals surface area contributed by atoms with E-state index in [0.29, 0.717) is 12.5 Å². The van der Waals surface area contributed by atoms with Crippen LogP contribution in [0.3, 0.4) is 0 Å². The van der Waals surface area contributed by atoms with E-state index in [1.807, 2.05) is 24.3 Å². The topological polar surface area (TPSA) is 38.8 Å². The Hall–Kier alpha value is -1.39. The first kappa shape index (κ1) is 14.5. The number of ether oxygens (including phenoxy) is 2. The lowest BCUT2D eigenvalue weighted by atomic mass is 10.0. The smallest absolute Gasteiger partial charge is 0.163 e. The van der Waals surface area contributed by atoms with Crippen LogP contribution in [0.4, 0.5) is 0 Å². The van der Waals surface area contributed by atoms with Crippen LogP contribution in [0.25, 0.3) is 0 Å². The molecule has 1 aromatic rings. The minimum absolute atomic E-state index is 0.224. The standard InChI is InChI=1S/C17H23NO3/c1-20-15-7-4-13(5-8-15)6-9-16(19)17-11-18-10-2-3-14(18)12-21-17/h4-5,7-8,14,17H,2-3,6,9-12H2,1H3. The summed E-state index contributed by atoms with van der Waals surface area (Å²) in [4.78, 5) is 14.7. The molecule has 2 saturated heterocycles. The van der Waals surface area contributed by atoms with Gasteiger partial charge in [-0.1, -0.05) is 12.1 Å². The number of nitrogens with zero attached hydrogens (tertiary/aromatic N) is 1. The van der Waals surface area contributed by atoms with Gasteiger partial charge < -0.3 is 9.47 Å². The highest BCUT2D eigenvalue weighted by Crippen LogP contribution is 2.23. The molecule has 0 N–H and O–H groups in total. The largest absolute Gasteiger partial charge is 0.497 e. The van der Waals surface area contributed by atoms with Crippen molar-refractivity contribution in [3.05, 3.63) is 29.8 Å². The molecule has 2 aliphatic heterocycles. The number of hydrogen-bond acceptors (Lipinski definition) is 4. The molecule has 0 bridgehead atoms. The van der Waals surface area contributed by atoms with E-state index in [2.05, 4.69) is 4.90 Å². The van der Waals surface area contributed by atoms with E-state index >= 15 is 0 Å². The summed E-state index contributed by atoms with van der Waals surface area (Å²) in [5.74, 6) is 1.08. The first-order chi connectivity index (χ1) is 10.3. The first-order valence-electron chi connectivity index (χ1n) is 7.77. The number of Topliss-reactive ketones (excluding diaryl/α,β-unsaturated/α-hetero) is 1. The molecule has 0 saturated carbocycles. The van der Waals surface area contributed by atoms with E-state index in [0.717, 1.165) is 31.9 Å². The van der Waals surface area contributed by atoms with Crippen LogP contribution in [-0.4, -0.2) is 49.6 Å². The molecule has 4 nitrogen and oxygen atoms in total. The fraction of sp³-hybridized carbons (Fsp3) is 0.588. The number of hydrogen-bond donors (Lipinski definition) is 0. The fourth-order valence-corrected chi connectivity index (χ4v) is 3.23. The van der Waals surface area contributed by atoms with Gasteiger partial charge in [-0.25, -0.2) is 0 Å². The molecular weight excluding hydrogens is 266 g/mol. The lowest BCUT2D eigenvalue weighted by Gasteiger charge is -2.34. The summed E-state index contributed by atoms with van der Waals surface area (Å²) in [7, 11) is 1.66. The Kier molecular flexibility index (Phi) is 4.56. The Balaban J connectivity index is 1.49. The van der Waals surface area contributed by atoms with E-state index in [-0.39, 0.29) is 11.9 Å². The van der Waals surface area contributed by atoms with Gasteiger partial charge in [-0.15, -0.1) is 0 Å². The quantitative estimate of drug-likeness (QED) is 0.832. The number of ketones is 1. The van der Waals surface area contributed by atoms with E-state index < -0.39 is 0 Å². The second-order valence-electron chi connectivity index (χ2n) is 5.93. The highest BCUT2D eigenvalue weighted by Gasteiger charge is 2.34. The Labute approximate surface area is 126 Å². The van der Waals surface area contributed by atoms with Crippen LogP contribution in [-0.2, 0) is 16.0 Å². The van der Waals surface area contributed by atoms with Gasteiger partial charge in [0.05, 0.1) is 13.7 Å². The van der Waals surface area contributed by atoms with Crippen molar-refractivity contribution in [2.75, 3.05) is 26.8 Å². The van der Waals surface area contributed by atoms with E-state index in [1.165, 1.54) is 18.4 Å². The zero-order chi connectivity index (χ0) is 14.7. The van der Waals surface area contributed by atoms with Crippen molar-refractivity contribution in [3.8, 4) is 5.75 Å². The molecule has 114 valence electrons. The number of rotatable bonds is 5. The third-order valence-corrected chi connectivity index (χ3v) is 4.57. The first-order valence-corrected chi connectivity index (χ1v) is 7.77. The molecule has 2 unspecified atom stereocenters. The van der Waals surface area contributed by atoms with Crippen molar-refractivity contribution in [2.45, 2.75) is 37.8 Å². The molecular formula is C17H23NO3. The zero-order valence-electron chi connectivity index (χ0n) is 12.6. The monoisotopic (exact) mass is 289 g/mol. The molecule has 2 aliphatic rings. The SMILES string of the molecule is COc1ccc(CCC(=O)C2CN3CCCC3CO2)cc1. The van der Waals surface area contributed by atoms with Crippen LogP contribution >= 0.6 is 0 Å². The molecule has 2 atom stereocenters.